The summed E-state index contributed by atoms with van der Waals surface area (Å²) < 4.78 is 30.7. The summed E-state index contributed by atoms with van der Waals surface area (Å²) in [4.78, 5) is 25.0. The molecule has 2 aromatic carbocycles. The van der Waals surface area contributed by atoms with E-state index in [1.54, 1.807) is 29.2 Å². The van der Waals surface area contributed by atoms with Gasteiger partial charge in [0.1, 0.15) is 11.6 Å². The molecule has 0 saturated carbocycles. The number of amides is 1. The van der Waals surface area contributed by atoms with E-state index in [4.69, 9.17) is 16.6 Å². The maximum atomic E-state index is 15.9. The highest BCUT2D eigenvalue weighted by molar-refractivity contribution is 6.34. The zero-order chi connectivity index (χ0) is 26.3. The van der Waals surface area contributed by atoms with Gasteiger partial charge in [0.15, 0.2) is 0 Å². The van der Waals surface area contributed by atoms with E-state index in [0.29, 0.717) is 41.9 Å². The average molecular weight is 519 g/mol. The van der Waals surface area contributed by atoms with Crippen molar-refractivity contribution in [1.29, 1.82) is 0 Å². The molecule has 1 fully saturated rings. The van der Waals surface area contributed by atoms with Crippen molar-refractivity contribution in [2.75, 3.05) is 24.5 Å². The molecule has 5 rings (SSSR count). The van der Waals surface area contributed by atoms with Gasteiger partial charge in [0.05, 0.1) is 21.8 Å². The van der Waals surface area contributed by atoms with E-state index in [-0.39, 0.29) is 33.8 Å². The van der Waals surface area contributed by atoms with Crippen molar-refractivity contribution < 1.29 is 13.6 Å². The van der Waals surface area contributed by atoms with Gasteiger partial charge in [-0.05, 0) is 49.2 Å². The van der Waals surface area contributed by atoms with Gasteiger partial charge in [-0.25, -0.2) is 14.4 Å². The molecule has 8 heteroatoms. The minimum atomic E-state index is -0.678. The molecule has 37 heavy (non-hydrogen) atoms. The van der Waals surface area contributed by atoms with Crippen LogP contribution in [0.15, 0.2) is 67.3 Å². The van der Waals surface area contributed by atoms with Crippen LogP contribution >= 0.6 is 11.6 Å². The predicted molar refractivity (Wildman–Crippen MR) is 144 cm³/mol. The maximum absolute atomic E-state index is 15.9. The minimum absolute atomic E-state index is 0.148. The molecule has 1 amide bonds. The van der Waals surface area contributed by atoms with E-state index in [9.17, 15) is 9.18 Å². The highest BCUT2D eigenvalue weighted by atomic mass is 35.5. The fraction of sp³-hybridized carbons (Fsp3) is 0.207. The van der Waals surface area contributed by atoms with Crippen LogP contribution < -0.4 is 4.90 Å². The Bertz CT molecular complexity index is 1540. The van der Waals surface area contributed by atoms with E-state index in [1.165, 1.54) is 12.1 Å². The van der Waals surface area contributed by atoms with Crippen molar-refractivity contribution in [3.63, 3.8) is 0 Å². The van der Waals surface area contributed by atoms with Crippen molar-refractivity contribution in [3.8, 4) is 22.4 Å². The van der Waals surface area contributed by atoms with Gasteiger partial charge in [-0.3, -0.25) is 4.79 Å². The molecule has 0 spiro atoms. The number of pyridine rings is 2. The van der Waals surface area contributed by atoms with Gasteiger partial charge in [0, 0.05) is 36.6 Å². The number of hydrogen-bond acceptors (Lipinski definition) is 4. The molecule has 1 aliphatic rings. The zero-order valence-electron chi connectivity index (χ0n) is 20.5. The van der Waals surface area contributed by atoms with Gasteiger partial charge in [-0.2, -0.15) is 4.39 Å². The summed E-state index contributed by atoms with van der Waals surface area (Å²) in [5.41, 5.74) is 2.54. The highest BCUT2D eigenvalue weighted by Gasteiger charge is 2.30. The first kappa shape index (κ1) is 24.8. The smallest absolute Gasteiger partial charge is 0.246 e. The Morgan fingerprint density at radius 2 is 1.78 bits per heavy atom. The Balaban J connectivity index is 1.75. The molecule has 0 N–H and O–H groups in total. The molecule has 0 aliphatic carbocycles. The summed E-state index contributed by atoms with van der Waals surface area (Å²) in [6, 6.07) is 15.2. The Morgan fingerprint density at radius 1 is 1.08 bits per heavy atom. The second kappa shape index (κ2) is 9.90. The molecular weight excluding hydrogens is 494 g/mol. The SMILES string of the molecule is C=CC(=O)N1CCN(c2nc(F)c(-c3ccccc3C)c3nc(-c4ccccc4F)c(Cl)cc23)C(C)C1. The average Bonchev–Trinajstić information content (AvgIpc) is 2.89. The van der Waals surface area contributed by atoms with Crippen LogP contribution in [-0.2, 0) is 4.79 Å². The molecule has 3 heterocycles. The Labute approximate surface area is 219 Å². The van der Waals surface area contributed by atoms with E-state index >= 15 is 4.39 Å². The lowest BCUT2D eigenvalue weighted by Gasteiger charge is -2.40. The Hall–Kier alpha value is -3.84. The first-order chi connectivity index (χ1) is 17.8. The monoisotopic (exact) mass is 518 g/mol. The Morgan fingerprint density at radius 3 is 2.46 bits per heavy atom. The van der Waals surface area contributed by atoms with Gasteiger partial charge in [0.25, 0.3) is 0 Å². The lowest BCUT2D eigenvalue weighted by molar-refractivity contribution is -0.126. The van der Waals surface area contributed by atoms with Crippen LogP contribution in [-0.4, -0.2) is 46.5 Å². The third kappa shape index (κ3) is 4.44. The number of piperazine rings is 1. The number of carbonyl (C=O) groups is 1. The summed E-state index contributed by atoms with van der Waals surface area (Å²) in [7, 11) is 0. The molecule has 2 aromatic heterocycles. The number of benzene rings is 2. The number of fused-ring (bicyclic) bond motifs is 1. The van der Waals surface area contributed by atoms with Crippen molar-refractivity contribution in [3.05, 3.63) is 89.6 Å². The quantitative estimate of drug-likeness (QED) is 0.231. The molecule has 1 unspecified atom stereocenters. The fourth-order valence-electron chi connectivity index (χ4n) is 4.91. The van der Waals surface area contributed by atoms with E-state index in [2.05, 4.69) is 11.6 Å². The summed E-state index contributed by atoms with van der Waals surface area (Å²) in [6.45, 7) is 8.72. The Kier molecular flexibility index (Phi) is 6.65. The number of aryl methyl sites for hydroxylation is 1. The number of halogens is 3. The van der Waals surface area contributed by atoms with Crippen molar-refractivity contribution >= 4 is 34.2 Å². The van der Waals surface area contributed by atoms with E-state index in [0.717, 1.165) is 5.56 Å². The van der Waals surface area contributed by atoms with Gasteiger partial charge < -0.3 is 9.80 Å². The first-order valence-corrected chi connectivity index (χ1v) is 12.4. The first-order valence-electron chi connectivity index (χ1n) is 12.0. The van der Waals surface area contributed by atoms with Gasteiger partial charge in [0.2, 0.25) is 11.9 Å². The van der Waals surface area contributed by atoms with Crippen LogP contribution in [0.1, 0.15) is 12.5 Å². The number of anilines is 1. The number of nitrogens with zero attached hydrogens (tertiary/aromatic N) is 4. The van der Waals surface area contributed by atoms with Gasteiger partial charge >= 0.3 is 0 Å². The molecule has 1 saturated heterocycles. The van der Waals surface area contributed by atoms with Crippen LogP contribution in [0.3, 0.4) is 0 Å². The van der Waals surface area contributed by atoms with Gasteiger partial charge in [-0.15, -0.1) is 0 Å². The summed E-state index contributed by atoms with van der Waals surface area (Å²) in [6.07, 6.45) is 1.29. The number of carbonyl (C=O) groups excluding carboxylic acids is 1. The highest BCUT2D eigenvalue weighted by Crippen LogP contribution is 2.40. The third-order valence-corrected chi connectivity index (χ3v) is 7.08. The van der Waals surface area contributed by atoms with Crippen LogP contribution in [0.5, 0.6) is 0 Å². The van der Waals surface area contributed by atoms with Crippen molar-refractivity contribution in [2.45, 2.75) is 19.9 Å². The van der Waals surface area contributed by atoms with Crippen molar-refractivity contribution in [2.24, 2.45) is 0 Å². The molecule has 4 aromatic rings. The van der Waals surface area contributed by atoms with Crippen LogP contribution in [0.2, 0.25) is 5.02 Å². The predicted octanol–water partition coefficient (Wildman–Crippen LogP) is 6.43. The number of hydrogen-bond donors (Lipinski definition) is 0. The zero-order valence-corrected chi connectivity index (χ0v) is 21.3. The molecular formula is C29H25ClF2N4O. The molecule has 1 aliphatic heterocycles. The molecule has 1 atom stereocenters. The topological polar surface area (TPSA) is 49.3 Å². The number of aromatic nitrogens is 2. The molecule has 5 nitrogen and oxygen atoms in total. The van der Waals surface area contributed by atoms with Crippen LogP contribution in [0, 0.1) is 18.7 Å². The fourth-order valence-corrected chi connectivity index (χ4v) is 5.16. The summed E-state index contributed by atoms with van der Waals surface area (Å²) in [5, 5.41) is 0.788. The van der Waals surface area contributed by atoms with Crippen LogP contribution in [0.4, 0.5) is 14.6 Å². The second-order valence-corrected chi connectivity index (χ2v) is 9.55. The standard InChI is InChI=1S/C29H25ClF2N4O/c1-4-24(37)35-13-14-36(18(3)16-35)29-21-15-22(30)26(20-11-7-8-12-23(20)31)33-27(21)25(28(32)34-29)19-10-6-5-9-17(19)2/h4-12,15,18H,1,13-14,16H2,2-3H3. The van der Waals surface area contributed by atoms with E-state index < -0.39 is 11.8 Å². The third-order valence-electron chi connectivity index (χ3n) is 6.79. The lowest BCUT2D eigenvalue weighted by atomic mass is 9.98. The summed E-state index contributed by atoms with van der Waals surface area (Å²) >= 11 is 6.68. The second-order valence-electron chi connectivity index (χ2n) is 9.14. The summed E-state index contributed by atoms with van der Waals surface area (Å²) in [5.74, 6) is -0.912. The van der Waals surface area contributed by atoms with Crippen molar-refractivity contribution in [1.82, 2.24) is 14.9 Å². The lowest BCUT2D eigenvalue weighted by Crippen LogP contribution is -2.53. The largest absolute Gasteiger partial charge is 0.350 e. The van der Waals surface area contributed by atoms with E-state index in [1.807, 2.05) is 43.0 Å². The normalized spacial score (nSPS) is 15.8. The maximum Gasteiger partial charge on any atom is 0.246 e. The minimum Gasteiger partial charge on any atom is -0.350 e. The molecule has 188 valence electrons. The van der Waals surface area contributed by atoms with Gasteiger partial charge in [-0.1, -0.05) is 54.6 Å². The molecule has 0 radical (unpaired) electrons. The molecule has 0 bridgehead atoms. The van der Waals surface area contributed by atoms with Crippen LogP contribution in [0.25, 0.3) is 33.3 Å². The number of rotatable bonds is 4.